The van der Waals surface area contributed by atoms with Gasteiger partial charge in [-0.25, -0.2) is 4.79 Å². The number of methoxy groups -OCH3 is 1. The lowest BCUT2D eigenvalue weighted by atomic mass is 9.95. The van der Waals surface area contributed by atoms with Crippen molar-refractivity contribution in [2.24, 2.45) is 0 Å². The summed E-state index contributed by atoms with van der Waals surface area (Å²) in [6.45, 7) is 3.32. The predicted octanol–water partition coefficient (Wildman–Crippen LogP) is 1.65. The van der Waals surface area contributed by atoms with Gasteiger partial charge in [0.2, 0.25) is 0 Å². The van der Waals surface area contributed by atoms with Crippen molar-refractivity contribution < 1.29 is 19.0 Å². The molecule has 1 fully saturated rings. The summed E-state index contributed by atoms with van der Waals surface area (Å²) in [6.07, 6.45) is 5.63. The summed E-state index contributed by atoms with van der Waals surface area (Å²) in [5.74, 6) is -0.444. The van der Waals surface area contributed by atoms with E-state index in [-0.39, 0.29) is 12.9 Å². The normalized spacial score (nSPS) is 25.9. The number of carbonyl (C=O) groups is 1. The highest BCUT2D eigenvalue weighted by Gasteiger charge is 2.21. The third-order valence-electron chi connectivity index (χ3n) is 2.63. The Hall–Kier alpha value is -0.870. The molecule has 1 aliphatic rings. The maximum Gasteiger partial charge on any atom is 0.332 e. The van der Waals surface area contributed by atoms with Crippen molar-refractivity contribution in [1.29, 1.82) is 0 Å². The second-order valence-corrected chi connectivity index (χ2v) is 3.59. The molecule has 0 heterocycles. The van der Waals surface area contributed by atoms with E-state index in [1.54, 1.807) is 7.11 Å². The molecule has 4 heteroatoms. The molecule has 1 aliphatic carbocycles. The Bertz CT molecular complexity index is 207. The van der Waals surface area contributed by atoms with Crippen molar-refractivity contribution in [3.8, 4) is 0 Å². The minimum absolute atomic E-state index is 0.0210. The summed E-state index contributed by atoms with van der Waals surface area (Å²) in [5, 5.41) is 0. The molecule has 86 valence electrons. The van der Waals surface area contributed by atoms with Gasteiger partial charge in [0, 0.05) is 13.2 Å². The molecule has 0 aromatic heterocycles. The molecular formula is C11H18O4. The maximum absolute atomic E-state index is 10.7. The topological polar surface area (TPSA) is 44.8 Å². The highest BCUT2D eigenvalue weighted by Crippen LogP contribution is 2.22. The zero-order valence-electron chi connectivity index (χ0n) is 9.11. The molecule has 1 rings (SSSR count). The van der Waals surface area contributed by atoms with Crippen LogP contribution in [0.5, 0.6) is 0 Å². The third kappa shape index (κ3) is 4.44. The van der Waals surface area contributed by atoms with Gasteiger partial charge in [0.05, 0.1) is 12.2 Å². The van der Waals surface area contributed by atoms with E-state index in [0.29, 0.717) is 6.10 Å². The molecule has 0 radical (unpaired) electrons. The van der Waals surface area contributed by atoms with Crippen LogP contribution in [0.1, 0.15) is 25.7 Å². The first-order chi connectivity index (χ1) is 7.26. The van der Waals surface area contributed by atoms with E-state index in [9.17, 15) is 4.79 Å². The largest absolute Gasteiger partial charge is 0.435 e. The fraction of sp³-hybridized carbons (Fsp3) is 0.727. The molecule has 0 bridgehead atoms. The van der Waals surface area contributed by atoms with E-state index in [1.165, 1.54) is 0 Å². The number of ether oxygens (including phenoxy) is 3. The Balaban J connectivity index is 2.08. The van der Waals surface area contributed by atoms with Gasteiger partial charge in [-0.1, -0.05) is 6.58 Å². The highest BCUT2D eigenvalue weighted by molar-refractivity contribution is 5.81. The fourth-order valence-electron chi connectivity index (χ4n) is 1.68. The molecule has 4 nitrogen and oxygen atoms in total. The molecule has 0 aromatic carbocycles. The molecule has 0 aromatic rings. The Morgan fingerprint density at radius 2 is 1.93 bits per heavy atom. The summed E-state index contributed by atoms with van der Waals surface area (Å²) in [4.78, 5) is 10.7. The maximum atomic E-state index is 10.7. The predicted molar refractivity (Wildman–Crippen MR) is 55.3 cm³/mol. The summed E-state index contributed by atoms with van der Waals surface area (Å²) < 4.78 is 15.4. The molecule has 0 amide bonds. The first kappa shape index (κ1) is 12.2. The second kappa shape index (κ2) is 6.58. The van der Waals surface area contributed by atoms with Crippen LogP contribution in [0.15, 0.2) is 12.7 Å². The van der Waals surface area contributed by atoms with Crippen molar-refractivity contribution in [2.45, 2.75) is 37.9 Å². The van der Waals surface area contributed by atoms with Crippen LogP contribution in [0, 0.1) is 0 Å². The molecule has 0 unspecified atom stereocenters. The van der Waals surface area contributed by atoms with E-state index in [4.69, 9.17) is 14.2 Å². The van der Waals surface area contributed by atoms with Gasteiger partial charge in [0.25, 0.3) is 0 Å². The van der Waals surface area contributed by atoms with E-state index in [0.717, 1.165) is 31.8 Å². The Morgan fingerprint density at radius 1 is 1.33 bits per heavy atom. The van der Waals surface area contributed by atoms with Crippen LogP contribution in [0.4, 0.5) is 0 Å². The number of hydrogen-bond acceptors (Lipinski definition) is 4. The fourth-order valence-corrected chi connectivity index (χ4v) is 1.68. The molecule has 0 atom stereocenters. The first-order valence-electron chi connectivity index (χ1n) is 5.20. The van der Waals surface area contributed by atoms with Crippen molar-refractivity contribution in [3.05, 3.63) is 12.7 Å². The van der Waals surface area contributed by atoms with Crippen molar-refractivity contribution in [1.82, 2.24) is 0 Å². The van der Waals surface area contributed by atoms with Gasteiger partial charge < -0.3 is 14.2 Å². The van der Waals surface area contributed by atoms with Crippen molar-refractivity contribution >= 4 is 5.97 Å². The summed E-state index contributed by atoms with van der Waals surface area (Å²) in [6, 6.07) is 0. The SMILES string of the molecule is C=CC(=O)OCOC1CCC(OC)CC1. The molecule has 0 saturated heterocycles. The molecule has 0 N–H and O–H groups in total. The standard InChI is InChI=1S/C11H18O4/c1-3-11(12)15-8-14-10-6-4-9(13-2)5-7-10/h3,9-10H,1,4-8H2,2H3. The molecule has 15 heavy (non-hydrogen) atoms. The Labute approximate surface area is 90.2 Å². The van der Waals surface area contributed by atoms with Gasteiger partial charge in [0.15, 0.2) is 6.79 Å². The summed E-state index contributed by atoms with van der Waals surface area (Å²) in [5.41, 5.74) is 0. The zero-order chi connectivity index (χ0) is 11.1. The van der Waals surface area contributed by atoms with Gasteiger partial charge in [0.1, 0.15) is 0 Å². The summed E-state index contributed by atoms with van der Waals surface area (Å²) >= 11 is 0. The van der Waals surface area contributed by atoms with E-state index < -0.39 is 5.97 Å². The quantitative estimate of drug-likeness (QED) is 0.396. The van der Waals surface area contributed by atoms with Crippen molar-refractivity contribution in [3.63, 3.8) is 0 Å². The number of carbonyl (C=O) groups excluding carboxylic acids is 1. The van der Waals surface area contributed by atoms with E-state index in [1.807, 2.05) is 0 Å². The monoisotopic (exact) mass is 214 g/mol. The molecule has 0 spiro atoms. The molecular weight excluding hydrogens is 196 g/mol. The van der Waals surface area contributed by atoms with E-state index >= 15 is 0 Å². The van der Waals surface area contributed by atoms with Crippen molar-refractivity contribution in [2.75, 3.05) is 13.9 Å². The second-order valence-electron chi connectivity index (χ2n) is 3.59. The number of esters is 1. The Morgan fingerprint density at radius 3 is 2.47 bits per heavy atom. The van der Waals surface area contributed by atoms with Gasteiger partial charge in [-0.15, -0.1) is 0 Å². The van der Waals surface area contributed by atoms with Crippen LogP contribution >= 0.6 is 0 Å². The lowest BCUT2D eigenvalue weighted by Crippen LogP contribution is -2.26. The molecule has 1 saturated carbocycles. The average Bonchev–Trinajstić information content (AvgIpc) is 2.29. The summed E-state index contributed by atoms with van der Waals surface area (Å²) in [7, 11) is 1.73. The first-order valence-corrected chi connectivity index (χ1v) is 5.20. The lowest BCUT2D eigenvalue weighted by molar-refractivity contribution is -0.157. The number of rotatable bonds is 5. The highest BCUT2D eigenvalue weighted by atomic mass is 16.7. The van der Waals surface area contributed by atoms with Crippen LogP contribution in [-0.4, -0.2) is 32.1 Å². The third-order valence-corrected chi connectivity index (χ3v) is 2.63. The molecule has 0 aliphatic heterocycles. The number of hydrogen-bond donors (Lipinski definition) is 0. The van der Waals surface area contributed by atoms with Crippen LogP contribution in [0.2, 0.25) is 0 Å². The van der Waals surface area contributed by atoms with Gasteiger partial charge in [-0.05, 0) is 25.7 Å². The van der Waals surface area contributed by atoms with Crippen LogP contribution < -0.4 is 0 Å². The zero-order valence-corrected chi connectivity index (χ0v) is 9.11. The average molecular weight is 214 g/mol. The lowest BCUT2D eigenvalue weighted by Gasteiger charge is -2.27. The van der Waals surface area contributed by atoms with Gasteiger partial charge in [-0.2, -0.15) is 0 Å². The minimum Gasteiger partial charge on any atom is -0.435 e. The van der Waals surface area contributed by atoms with Crippen LogP contribution in [0.3, 0.4) is 0 Å². The van der Waals surface area contributed by atoms with Gasteiger partial charge >= 0.3 is 5.97 Å². The smallest absolute Gasteiger partial charge is 0.332 e. The van der Waals surface area contributed by atoms with Gasteiger partial charge in [-0.3, -0.25) is 0 Å². The van der Waals surface area contributed by atoms with E-state index in [2.05, 4.69) is 6.58 Å². The van der Waals surface area contributed by atoms with Crippen LogP contribution in [-0.2, 0) is 19.0 Å². The Kier molecular flexibility index (Phi) is 5.36. The minimum atomic E-state index is -0.444. The van der Waals surface area contributed by atoms with Crippen LogP contribution in [0.25, 0.3) is 0 Å².